The van der Waals surface area contributed by atoms with Gasteiger partial charge in [-0.2, -0.15) is 0 Å². The van der Waals surface area contributed by atoms with Crippen molar-refractivity contribution in [3.8, 4) is 0 Å². The van der Waals surface area contributed by atoms with Crippen LogP contribution in [-0.2, 0) is 40.2 Å². The summed E-state index contributed by atoms with van der Waals surface area (Å²) in [5.41, 5.74) is 0. The quantitative estimate of drug-likeness (QED) is 0.178. The predicted molar refractivity (Wildman–Crippen MR) is 50.2 cm³/mol. The summed E-state index contributed by atoms with van der Waals surface area (Å²) in [6, 6.07) is 0. The van der Waals surface area contributed by atoms with E-state index in [1.807, 2.05) is 0 Å². The number of hydrogen-bond donors (Lipinski definition) is 6. The molecule has 0 aromatic heterocycles. The molecule has 0 heterocycles. The smallest absolute Gasteiger partial charge is 0.543 e. The molecule has 0 unspecified atom stereocenters. The Balaban J connectivity index is -0.0000000110. The summed E-state index contributed by atoms with van der Waals surface area (Å²) in [5, 5.41) is 35.7. The van der Waals surface area contributed by atoms with Gasteiger partial charge in [0.1, 0.15) is 0 Å². The first-order valence-corrected chi connectivity index (χ1v) is 2.13. The average molecular weight is 473 g/mol. The SMILES string of the molecule is N.N.N.N.N.N.O=C([O-])C(=O)[O-].O=C([O-])C(=O)[O-].[Pt+4]. The summed E-state index contributed by atoms with van der Waals surface area (Å²) >= 11 is 0. The Labute approximate surface area is 122 Å². The van der Waals surface area contributed by atoms with Crippen molar-refractivity contribution in [2.45, 2.75) is 0 Å². The zero-order valence-corrected chi connectivity index (χ0v) is 12.1. The van der Waals surface area contributed by atoms with E-state index in [1.165, 1.54) is 0 Å². The topological polar surface area (TPSA) is 371 Å². The van der Waals surface area contributed by atoms with Crippen molar-refractivity contribution in [2.75, 3.05) is 0 Å². The zero-order valence-electron chi connectivity index (χ0n) is 9.82. The van der Waals surface area contributed by atoms with Gasteiger partial charge in [0, 0.05) is 0 Å². The third-order valence-electron chi connectivity index (χ3n) is 0.333. The first-order chi connectivity index (χ1) is 5.29. The second kappa shape index (κ2) is 36.0. The minimum atomic E-state index is -2.19. The summed E-state index contributed by atoms with van der Waals surface area (Å²) in [6.07, 6.45) is 0. The second-order valence-electron chi connectivity index (χ2n) is 1.15. The first-order valence-electron chi connectivity index (χ1n) is 2.13. The molecule has 0 aromatic rings. The van der Waals surface area contributed by atoms with Gasteiger partial charge < -0.3 is 76.5 Å². The molecule has 0 aliphatic rings. The predicted octanol–water partition coefficient (Wildman–Crippen LogP) is -6.06. The Kier molecular flexibility index (Phi) is 126. The van der Waals surface area contributed by atoms with E-state index in [-0.39, 0.29) is 58.0 Å². The molecule has 0 saturated carbocycles. The molecule has 0 radical (unpaired) electrons. The average Bonchev–Trinajstić information content (AvgIpc) is 1.88. The van der Waals surface area contributed by atoms with E-state index in [2.05, 4.69) is 0 Å². The molecule has 14 nitrogen and oxygen atoms in total. The van der Waals surface area contributed by atoms with Gasteiger partial charge in [-0.3, -0.25) is 0 Å². The maximum atomic E-state index is 8.93. The van der Waals surface area contributed by atoms with Gasteiger partial charge >= 0.3 is 21.1 Å². The summed E-state index contributed by atoms with van der Waals surface area (Å²) < 4.78 is 0. The minimum Gasteiger partial charge on any atom is -0.543 e. The van der Waals surface area contributed by atoms with Gasteiger partial charge in [0.05, 0.1) is 23.9 Å². The van der Waals surface area contributed by atoms with Gasteiger partial charge in [-0.05, 0) is 0 Å². The maximum absolute atomic E-state index is 8.93. The summed E-state index contributed by atoms with van der Waals surface area (Å²) in [6.45, 7) is 0. The second-order valence-corrected chi connectivity index (χ2v) is 1.15. The Morgan fingerprint density at radius 1 is 0.421 bits per heavy atom. The van der Waals surface area contributed by atoms with Crippen LogP contribution in [0.15, 0.2) is 0 Å². The number of carbonyl (C=O) groups excluding carboxylic acids is 4. The van der Waals surface area contributed by atoms with E-state index in [4.69, 9.17) is 39.6 Å². The van der Waals surface area contributed by atoms with Gasteiger partial charge in [0.25, 0.3) is 0 Å². The minimum absolute atomic E-state index is 0. The molecule has 18 N–H and O–H groups in total. The van der Waals surface area contributed by atoms with E-state index in [0.717, 1.165) is 0 Å². The van der Waals surface area contributed by atoms with Gasteiger partial charge in [0.15, 0.2) is 0 Å². The molecule has 0 rings (SSSR count). The van der Waals surface area contributed by atoms with E-state index >= 15 is 0 Å². The van der Waals surface area contributed by atoms with Crippen molar-refractivity contribution in [1.82, 2.24) is 36.9 Å². The molecular formula is C4H18N6O8Pt. The number of hydrogen-bond acceptors (Lipinski definition) is 14. The Bertz CT molecular complexity index is 189. The fraction of sp³-hybridized carbons (Fsp3) is 0. The zero-order chi connectivity index (χ0) is 10.3. The largest absolute Gasteiger partial charge is 4.00 e. The van der Waals surface area contributed by atoms with Crippen LogP contribution in [0.3, 0.4) is 0 Å². The molecule has 0 aliphatic carbocycles. The summed E-state index contributed by atoms with van der Waals surface area (Å²) in [5.74, 6) is -8.74. The van der Waals surface area contributed by atoms with Crippen LogP contribution in [0.1, 0.15) is 0 Å². The van der Waals surface area contributed by atoms with Crippen molar-refractivity contribution in [1.29, 1.82) is 0 Å². The number of carboxylic acids is 4. The van der Waals surface area contributed by atoms with Crippen LogP contribution in [0.5, 0.6) is 0 Å². The Morgan fingerprint density at radius 3 is 0.474 bits per heavy atom. The molecule has 0 atom stereocenters. The van der Waals surface area contributed by atoms with Crippen molar-refractivity contribution in [3.63, 3.8) is 0 Å². The molecule has 19 heavy (non-hydrogen) atoms. The number of rotatable bonds is 0. The molecule has 0 aromatic carbocycles. The standard InChI is InChI=1S/2C2H2O4.6H3N.Pt/c2*3-1(4)2(5)6;;;;;;;/h2*(H,3,4)(H,5,6);6*1H3;/q;;;;;;;;+4/p-4. The summed E-state index contributed by atoms with van der Waals surface area (Å²) in [4.78, 5) is 35.7. The van der Waals surface area contributed by atoms with Gasteiger partial charge in [0.2, 0.25) is 0 Å². The van der Waals surface area contributed by atoms with E-state index < -0.39 is 23.9 Å². The van der Waals surface area contributed by atoms with E-state index in [1.54, 1.807) is 0 Å². The van der Waals surface area contributed by atoms with Crippen LogP contribution in [0.4, 0.5) is 0 Å². The van der Waals surface area contributed by atoms with Crippen molar-refractivity contribution in [3.05, 3.63) is 0 Å². The van der Waals surface area contributed by atoms with Gasteiger partial charge in [-0.15, -0.1) is 0 Å². The molecule has 0 saturated heterocycles. The number of aliphatic carboxylic acids is 4. The van der Waals surface area contributed by atoms with E-state index in [0.29, 0.717) is 0 Å². The van der Waals surface area contributed by atoms with Crippen molar-refractivity contribution in [2.24, 2.45) is 0 Å². The van der Waals surface area contributed by atoms with E-state index in [9.17, 15) is 0 Å². The molecule has 122 valence electrons. The van der Waals surface area contributed by atoms with Crippen LogP contribution in [0.2, 0.25) is 0 Å². The number of carbonyl (C=O) groups is 4. The molecular weight excluding hydrogens is 455 g/mol. The third kappa shape index (κ3) is 83.7. The molecule has 0 fully saturated rings. The normalized spacial score (nSPS) is 4.63. The van der Waals surface area contributed by atoms with Crippen molar-refractivity contribution < 1.29 is 60.7 Å². The molecule has 0 bridgehead atoms. The van der Waals surface area contributed by atoms with Crippen molar-refractivity contribution >= 4 is 23.9 Å². The molecule has 15 heteroatoms. The summed E-state index contributed by atoms with van der Waals surface area (Å²) in [7, 11) is 0. The molecule has 0 aliphatic heterocycles. The number of carboxylic acid groups (broad SMARTS) is 4. The Hall–Kier alpha value is -1.67. The molecule has 0 spiro atoms. The third-order valence-corrected chi connectivity index (χ3v) is 0.333. The Morgan fingerprint density at radius 2 is 0.474 bits per heavy atom. The van der Waals surface area contributed by atoms with Crippen LogP contribution < -0.4 is 57.3 Å². The van der Waals surface area contributed by atoms with Crippen LogP contribution in [0.25, 0.3) is 0 Å². The first kappa shape index (κ1) is 66.6. The van der Waals surface area contributed by atoms with Gasteiger partial charge in [-0.25, -0.2) is 0 Å². The van der Waals surface area contributed by atoms with Crippen LogP contribution >= 0.6 is 0 Å². The maximum Gasteiger partial charge on any atom is 4.00 e. The monoisotopic (exact) mass is 473 g/mol. The molecule has 0 amide bonds. The fourth-order valence-electron chi connectivity index (χ4n) is 0. The fourth-order valence-corrected chi connectivity index (χ4v) is 0. The van der Waals surface area contributed by atoms with Crippen LogP contribution in [-0.4, -0.2) is 23.9 Å². The van der Waals surface area contributed by atoms with Gasteiger partial charge in [-0.1, -0.05) is 0 Å². The van der Waals surface area contributed by atoms with Crippen LogP contribution in [0, 0.1) is 0 Å².